The lowest BCUT2D eigenvalue weighted by atomic mass is 9.87. The molecule has 0 aliphatic carbocycles. The van der Waals surface area contributed by atoms with Gasteiger partial charge in [-0.15, -0.1) is 0 Å². The standard InChI is InChI=1S/C14H18ClNO2/c1-9-6-14(8-16(9)2)7-12(17)11-5-10(15)3-4-13(11)18-14/h3-5,9,12,17H,6-8H2,1-2H3/t9?,12-,14?/m1/s1. The third-order valence-electron chi connectivity index (χ3n) is 4.18. The number of benzene rings is 1. The number of hydrogen-bond acceptors (Lipinski definition) is 3. The molecule has 1 aromatic carbocycles. The van der Waals surface area contributed by atoms with Gasteiger partial charge in [0.05, 0.1) is 6.10 Å². The molecule has 0 saturated carbocycles. The predicted molar refractivity (Wildman–Crippen MR) is 71.1 cm³/mol. The zero-order chi connectivity index (χ0) is 12.9. The van der Waals surface area contributed by atoms with Crippen LogP contribution in [0.4, 0.5) is 0 Å². The van der Waals surface area contributed by atoms with Crippen LogP contribution in [-0.2, 0) is 0 Å². The molecular formula is C14H18ClNO2. The van der Waals surface area contributed by atoms with Crippen molar-refractivity contribution in [1.29, 1.82) is 0 Å². The Morgan fingerprint density at radius 2 is 2.22 bits per heavy atom. The Bertz CT molecular complexity index is 467. The second-order valence-corrected chi connectivity index (χ2v) is 6.09. The summed E-state index contributed by atoms with van der Waals surface area (Å²) in [6, 6.07) is 5.97. The van der Waals surface area contributed by atoms with Crippen molar-refractivity contribution in [3.63, 3.8) is 0 Å². The highest BCUT2D eigenvalue weighted by molar-refractivity contribution is 6.30. The minimum atomic E-state index is -0.480. The molecule has 3 rings (SSSR count). The van der Waals surface area contributed by atoms with Crippen LogP contribution in [0.1, 0.15) is 31.4 Å². The summed E-state index contributed by atoms with van der Waals surface area (Å²) in [5, 5.41) is 11.0. The summed E-state index contributed by atoms with van der Waals surface area (Å²) in [5.74, 6) is 0.778. The fraction of sp³-hybridized carbons (Fsp3) is 0.571. The summed E-state index contributed by atoms with van der Waals surface area (Å²) in [6.07, 6.45) is 1.13. The van der Waals surface area contributed by atoms with E-state index in [4.69, 9.17) is 16.3 Å². The maximum atomic E-state index is 10.3. The van der Waals surface area contributed by atoms with Gasteiger partial charge in [0.25, 0.3) is 0 Å². The lowest BCUT2D eigenvalue weighted by Crippen LogP contribution is -2.43. The van der Waals surface area contributed by atoms with Gasteiger partial charge in [-0.1, -0.05) is 11.6 Å². The van der Waals surface area contributed by atoms with E-state index in [1.54, 1.807) is 6.07 Å². The Hall–Kier alpha value is -0.770. The molecule has 1 aromatic rings. The van der Waals surface area contributed by atoms with Gasteiger partial charge < -0.3 is 9.84 Å². The lowest BCUT2D eigenvalue weighted by molar-refractivity contribution is -0.00607. The van der Waals surface area contributed by atoms with Crippen LogP contribution < -0.4 is 4.74 Å². The first-order valence-electron chi connectivity index (χ1n) is 6.36. The van der Waals surface area contributed by atoms with Gasteiger partial charge in [0.1, 0.15) is 11.4 Å². The first kappa shape index (κ1) is 12.3. The molecule has 1 saturated heterocycles. The summed E-state index contributed by atoms with van der Waals surface area (Å²) in [4.78, 5) is 2.29. The Morgan fingerprint density at radius 1 is 1.44 bits per heavy atom. The molecule has 4 heteroatoms. The molecule has 2 aliphatic rings. The molecule has 2 aliphatic heterocycles. The van der Waals surface area contributed by atoms with E-state index in [0.717, 1.165) is 24.3 Å². The van der Waals surface area contributed by atoms with Gasteiger partial charge in [-0.2, -0.15) is 0 Å². The Kier molecular flexibility index (Phi) is 2.81. The van der Waals surface area contributed by atoms with Gasteiger partial charge in [-0.05, 0) is 32.2 Å². The van der Waals surface area contributed by atoms with Gasteiger partial charge >= 0.3 is 0 Å². The lowest BCUT2D eigenvalue weighted by Gasteiger charge is -2.38. The van der Waals surface area contributed by atoms with Crippen LogP contribution >= 0.6 is 11.6 Å². The molecule has 2 unspecified atom stereocenters. The highest BCUT2D eigenvalue weighted by Crippen LogP contribution is 2.45. The summed E-state index contributed by atoms with van der Waals surface area (Å²) in [5.41, 5.74) is 0.573. The molecule has 0 radical (unpaired) electrons. The highest BCUT2D eigenvalue weighted by Gasteiger charge is 2.47. The minimum Gasteiger partial charge on any atom is -0.485 e. The van der Waals surface area contributed by atoms with Crippen molar-refractivity contribution < 1.29 is 9.84 Å². The number of halogens is 1. The van der Waals surface area contributed by atoms with E-state index in [1.165, 1.54) is 0 Å². The smallest absolute Gasteiger partial charge is 0.126 e. The first-order valence-corrected chi connectivity index (χ1v) is 6.74. The zero-order valence-corrected chi connectivity index (χ0v) is 11.4. The fourth-order valence-corrected chi connectivity index (χ4v) is 3.38. The van der Waals surface area contributed by atoms with Crippen LogP contribution in [0.15, 0.2) is 18.2 Å². The quantitative estimate of drug-likeness (QED) is 0.784. The molecule has 1 spiro atoms. The van der Waals surface area contributed by atoms with Gasteiger partial charge in [-0.25, -0.2) is 0 Å². The molecule has 0 aromatic heterocycles. The molecule has 3 nitrogen and oxygen atoms in total. The number of ether oxygens (including phenoxy) is 1. The summed E-state index contributed by atoms with van der Waals surface area (Å²) in [7, 11) is 2.10. The Morgan fingerprint density at radius 3 is 2.89 bits per heavy atom. The number of fused-ring (bicyclic) bond motifs is 1. The van der Waals surface area contributed by atoms with Gasteiger partial charge in [0.15, 0.2) is 0 Å². The largest absolute Gasteiger partial charge is 0.485 e. The van der Waals surface area contributed by atoms with Crippen molar-refractivity contribution in [1.82, 2.24) is 4.90 Å². The van der Waals surface area contributed by atoms with Crippen LogP contribution in [-0.4, -0.2) is 35.2 Å². The van der Waals surface area contributed by atoms with Crippen LogP contribution in [0.3, 0.4) is 0 Å². The first-order chi connectivity index (χ1) is 8.49. The molecule has 3 atom stereocenters. The van der Waals surface area contributed by atoms with Crippen LogP contribution in [0.5, 0.6) is 5.75 Å². The van der Waals surface area contributed by atoms with Crippen molar-refractivity contribution in [2.75, 3.05) is 13.6 Å². The van der Waals surface area contributed by atoms with Crippen molar-refractivity contribution in [2.24, 2.45) is 0 Å². The number of nitrogens with zero attached hydrogens (tertiary/aromatic N) is 1. The maximum absolute atomic E-state index is 10.3. The highest BCUT2D eigenvalue weighted by atomic mass is 35.5. The second kappa shape index (κ2) is 4.12. The number of likely N-dealkylation sites (tertiary alicyclic amines) is 1. The summed E-state index contributed by atoms with van der Waals surface area (Å²) >= 11 is 5.96. The van der Waals surface area contributed by atoms with Gasteiger partial charge in [-0.3, -0.25) is 4.90 Å². The fourth-order valence-electron chi connectivity index (χ4n) is 3.20. The van der Waals surface area contributed by atoms with E-state index in [0.29, 0.717) is 17.5 Å². The normalized spacial score (nSPS) is 35.6. The van der Waals surface area contributed by atoms with E-state index in [1.807, 2.05) is 12.1 Å². The van der Waals surface area contributed by atoms with Crippen LogP contribution in [0.2, 0.25) is 5.02 Å². The van der Waals surface area contributed by atoms with Crippen molar-refractivity contribution >= 4 is 11.6 Å². The predicted octanol–water partition coefficient (Wildman–Crippen LogP) is 2.62. The molecule has 1 N–H and O–H groups in total. The second-order valence-electron chi connectivity index (χ2n) is 5.66. The summed E-state index contributed by atoms with van der Waals surface area (Å²) < 4.78 is 6.19. The number of hydrogen-bond donors (Lipinski definition) is 1. The Balaban J connectivity index is 1.95. The third kappa shape index (κ3) is 1.91. The maximum Gasteiger partial charge on any atom is 0.126 e. The minimum absolute atomic E-state index is 0.242. The average Bonchev–Trinajstić information content (AvgIpc) is 2.55. The monoisotopic (exact) mass is 267 g/mol. The number of rotatable bonds is 0. The van der Waals surface area contributed by atoms with E-state index < -0.39 is 6.10 Å². The van der Waals surface area contributed by atoms with Gasteiger partial charge in [0, 0.05) is 36.0 Å². The topological polar surface area (TPSA) is 32.7 Å². The number of likely N-dealkylation sites (N-methyl/N-ethyl adjacent to an activating group) is 1. The third-order valence-corrected chi connectivity index (χ3v) is 4.42. The van der Waals surface area contributed by atoms with Crippen LogP contribution in [0.25, 0.3) is 0 Å². The van der Waals surface area contributed by atoms with E-state index in [-0.39, 0.29) is 5.60 Å². The van der Waals surface area contributed by atoms with Gasteiger partial charge in [0.2, 0.25) is 0 Å². The van der Waals surface area contributed by atoms with Crippen molar-refractivity contribution in [3.8, 4) is 5.75 Å². The molecule has 98 valence electrons. The SMILES string of the molecule is CC1CC2(C[C@@H](O)c3cc(Cl)ccc3O2)CN1C. The van der Waals surface area contributed by atoms with E-state index in [9.17, 15) is 5.11 Å². The molecule has 1 fully saturated rings. The molecule has 18 heavy (non-hydrogen) atoms. The average molecular weight is 268 g/mol. The molecule has 2 heterocycles. The van der Waals surface area contributed by atoms with E-state index >= 15 is 0 Å². The molecule has 0 amide bonds. The number of aliphatic hydroxyl groups is 1. The summed E-state index contributed by atoms with van der Waals surface area (Å²) in [6.45, 7) is 3.06. The molecule has 0 bridgehead atoms. The number of aliphatic hydroxyl groups excluding tert-OH is 1. The van der Waals surface area contributed by atoms with Crippen LogP contribution in [0, 0.1) is 0 Å². The zero-order valence-electron chi connectivity index (χ0n) is 10.7. The van der Waals surface area contributed by atoms with Crippen molar-refractivity contribution in [2.45, 2.75) is 37.5 Å². The Labute approximate surface area is 112 Å². The van der Waals surface area contributed by atoms with Crippen molar-refractivity contribution in [3.05, 3.63) is 28.8 Å². The molecular weight excluding hydrogens is 250 g/mol. The van der Waals surface area contributed by atoms with E-state index in [2.05, 4.69) is 18.9 Å².